The molecule has 1 N–H and O–H groups in total. The van der Waals surface area contributed by atoms with E-state index in [2.05, 4.69) is 27.2 Å². The second-order valence-electron chi connectivity index (χ2n) is 7.39. The van der Waals surface area contributed by atoms with Crippen LogP contribution >= 0.6 is 0 Å². The molecule has 0 bridgehead atoms. The highest BCUT2D eigenvalue weighted by Crippen LogP contribution is 2.35. The van der Waals surface area contributed by atoms with Crippen molar-refractivity contribution in [3.05, 3.63) is 48.0 Å². The summed E-state index contributed by atoms with van der Waals surface area (Å²) in [5.41, 5.74) is 2.27. The number of halogens is 1. The molecule has 1 atom stereocenters. The maximum Gasteiger partial charge on any atom is 0.163 e. The molecule has 4 rings (SSSR count). The molecule has 3 aromatic rings. The maximum atomic E-state index is 13.4. The Bertz CT molecular complexity index is 1050. The van der Waals surface area contributed by atoms with Crippen LogP contribution in [0.15, 0.2) is 36.7 Å². The minimum atomic E-state index is -0.276. The predicted octanol–water partition coefficient (Wildman–Crippen LogP) is 3.54. The number of benzene rings is 2. The zero-order chi connectivity index (χ0) is 21.1. The van der Waals surface area contributed by atoms with Crippen LogP contribution in [0.3, 0.4) is 0 Å². The van der Waals surface area contributed by atoms with Gasteiger partial charge in [0, 0.05) is 30.2 Å². The highest BCUT2D eigenvalue weighted by atomic mass is 19.1. The second kappa shape index (κ2) is 8.81. The number of methoxy groups -OCH3 is 1. The number of nitrogens with one attached hydrogen (secondary N) is 1. The molecule has 1 unspecified atom stereocenters. The van der Waals surface area contributed by atoms with Gasteiger partial charge in [-0.2, -0.15) is 0 Å². The van der Waals surface area contributed by atoms with Gasteiger partial charge in [0.1, 0.15) is 30.7 Å². The Morgan fingerprint density at radius 3 is 2.87 bits per heavy atom. The number of likely N-dealkylation sites (N-methyl/N-ethyl adjacent to an activating group) is 1. The molecule has 1 fully saturated rings. The third-order valence-corrected chi connectivity index (χ3v) is 5.13. The summed E-state index contributed by atoms with van der Waals surface area (Å²) in [5, 5.41) is 4.04. The van der Waals surface area contributed by atoms with E-state index in [1.165, 1.54) is 18.5 Å². The van der Waals surface area contributed by atoms with Crippen LogP contribution in [0.5, 0.6) is 11.5 Å². The van der Waals surface area contributed by atoms with E-state index in [4.69, 9.17) is 14.2 Å². The molecule has 1 aromatic heterocycles. The standard InChI is InChI=1S/C22H25FN4O3/c1-14-8-15(23)4-5-18(14)26-22-17-9-20(28-3)21(10-19(17)24-13-25-22)30-12-16-11-27(2)6-7-29-16/h4-5,8-10,13,16H,6-7,11-12H2,1-3H3,(H,24,25,26). The quantitative estimate of drug-likeness (QED) is 0.664. The average Bonchev–Trinajstić information content (AvgIpc) is 2.74. The van der Waals surface area contributed by atoms with Gasteiger partial charge >= 0.3 is 0 Å². The lowest BCUT2D eigenvalue weighted by molar-refractivity contribution is -0.0406. The predicted molar refractivity (Wildman–Crippen MR) is 113 cm³/mol. The lowest BCUT2D eigenvalue weighted by Gasteiger charge is -2.30. The molecule has 1 aliphatic heterocycles. The number of rotatable bonds is 6. The Kier molecular flexibility index (Phi) is 5.96. The Morgan fingerprint density at radius 1 is 1.23 bits per heavy atom. The van der Waals surface area contributed by atoms with Crippen molar-refractivity contribution in [3.63, 3.8) is 0 Å². The van der Waals surface area contributed by atoms with E-state index in [-0.39, 0.29) is 11.9 Å². The molecule has 2 aromatic carbocycles. The van der Waals surface area contributed by atoms with Gasteiger partial charge in [-0.25, -0.2) is 14.4 Å². The number of ether oxygens (including phenoxy) is 3. The zero-order valence-corrected chi connectivity index (χ0v) is 17.3. The van der Waals surface area contributed by atoms with E-state index in [0.29, 0.717) is 36.0 Å². The summed E-state index contributed by atoms with van der Waals surface area (Å²) in [6.45, 7) is 4.72. The van der Waals surface area contributed by atoms with E-state index in [1.54, 1.807) is 13.2 Å². The van der Waals surface area contributed by atoms with Crippen LogP contribution in [0.25, 0.3) is 10.9 Å². The van der Waals surface area contributed by atoms with Gasteiger partial charge < -0.3 is 24.4 Å². The lowest BCUT2D eigenvalue weighted by Crippen LogP contribution is -2.42. The summed E-state index contributed by atoms with van der Waals surface area (Å²) in [7, 11) is 3.67. The van der Waals surface area contributed by atoms with Gasteiger partial charge in [-0.15, -0.1) is 0 Å². The van der Waals surface area contributed by atoms with Gasteiger partial charge in [-0.1, -0.05) is 0 Å². The van der Waals surface area contributed by atoms with Crippen molar-refractivity contribution in [1.29, 1.82) is 0 Å². The molecule has 158 valence electrons. The number of fused-ring (bicyclic) bond motifs is 1. The topological polar surface area (TPSA) is 68.7 Å². The number of morpholine rings is 1. The van der Waals surface area contributed by atoms with Gasteiger partial charge in [-0.05, 0) is 43.8 Å². The zero-order valence-electron chi connectivity index (χ0n) is 17.3. The molecule has 8 heteroatoms. The first-order valence-electron chi connectivity index (χ1n) is 9.82. The van der Waals surface area contributed by atoms with Crippen molar-refractivity contribution in [2.75, 3.05) is 45.8 Å². The summed E-state index contributed by atoms with van der Waals surface area (Å²) in [5.74, 6) is 1.52. The van der Waals surface area contributed by atoms with E-state index >= 15 is 0 Å². The Balaban J connectivity index is 1.60. The van der Waals surface area contributed by atoms with Crippen molar-refractivity contribution in [3.8, 4) is 11.5 Å². The molecule has 1 saturated heterocycles. The maximum absolute atomic E-state index is 13.4. The smallest absolute Gasteiger partial charge is 0.163 e. The molecule has 0 aliphatic carbocycles. The fourth-order valence-corrected chi connectivity index (χ4v) is 3.48. The molecule has 30 heavy (non-hydrogen) atoms. The molecular formula is C22H25FN4O3. The van der Waals surface area contributed by atoms with Crippen molar-refractivity contribution in [2.45, 2.75) is 13.0 Å². The Morgan fingerprint density at radius 2 is 2.10 bits per heavy atom. The minimum absolute atomic E-state index is 0.00762. The SMILES string of the molecule is COc1cc2c(Nc3ccc(F)cc3C)ncnc2cc1OCC1CN(C)CCO1. The van der Waals surface area contributed by atoms with Crippen molar-refractivity contribution >= 4 is 22.4 Å². The van der Waals surface area contributed by atoms with Crippen LogP contribution in [-0.4, -0.2) is 61.4 Å². The van der Waals surface area contributed by atoms with E-state index < -0.39 is 0 Å². The van der Waals surface area contributed by atoms with Crippen LogP contribution in [0.2, 0.25) is 0 Å². The highest BCUT2D eigenvalue weighted by Gasteiger charge is 2.20. The average molecular weight is 412 g/mol. The third-order valence-electron chi connectivity index (χ3n) is 5.13. The first kappa shape index (κ1) is 20.3. The number of nitrogens with zero attached hydrogens (tertiary/aromatic N) is 3. The summed E-state index contributed by atoms with van der Waals surface area (Å²) >= 11 is 0. The second-order valence-corrected chi connectivity index (χ2v) is 7.39. The van der Waals surface area contributed by atoms with Gasteiger partial charge in [0.05, 0.1) is 19.2 Å². The van der Waals surface area contributed by atoms with Crippen molar-refractivity contribution in [1.82, 2.24) is 14.9 Å². The number of aryl methyl sites for hydroxylation is 1. The summed E-state index contributed by atoms with van der Waals surface area (Å²) in [6.07, 6.45) is 1.49. The van der Waals surface area contributed by atoms with Gasteiger partial charge in [0.25, 0.3) is 0 Å². The van der Waals surface area contributed by atoms with Gasteiger partial charge in [0.15, 0.2) is 11.5 Å². The monoisotopic (exact) mass is 412 g/mol. The molecular weight excluding hydrogens is 387 g/mol. The molecule has 0 saturated carbocycles. The van der Waals surface area contributed by atoms with Crippen LogP contribution in [0.1, 0.15) is 5.56 Å². The third kappa shape index (κ3) is 4.44. The highest BCUT2D eigenvalue weighted by molar-refractivity contribution is 5.93. The summed E-state index contributed by atoms with van der Waals surface area (Å²) in [6, 6.07) is 8.26. The first-order valence-corrected chi connectivity index (χ1v) is 9.82. The normalized spacial score (nSPS) is 17.1. The fourth-order valence-electron chi connectivity index (χ4n) is 3.48. The molecule has 0 amide bonds. The molecule has 2 heterocycles. The van der Waals surface area contributed by atoms with Gasteiger partial charge in [0.2, 0.25) is 0 Å². The number of anilines is 2. The summed E-state index contributed by atoms with van der Waals surface area (Å²) < 4.78 is 30.7. The van der Waals surface area contributed by atoms with Crippen molar-refractivity contribution in [2.24, 2.45) is 0 Å². The molecule has 0 radical (unpaired) electrons. The van der Waals surface area contributed by atoms with Crippen LogP contribution in [0, 0.1) is 12.7 Å². The van der Waals surface area contributed by atoms with Crippen LogP contribution in [0.4, 0.5) is 15.9 Å². The van der Waals surface area contributed by atoms with Crippen LogP contribution < -0.4 is 14.8 Å². The largest absolute Gasteiger partial charge is 0.493 e. The van der Waals surface area contributed by atoms with Crippen molar-refractivity contribution < 1.29 is 18.6 Å². The molecule has 0 spiro atoms. The van der Waals surface area contributed by atoms with E-state index in [1.807, 2.05) is 19.1 Å². The Labute approximate surface area is 174 Å². The van der Waals surface area contributed by atoms with Gasteiger partial charge in [-0.3, -0.25) is 0 Å². The minimum Gasteiger partial charge on any atom is -0.493 e. The fraction of sp³-hybridized carbons (Fsp3) is 0.364. The molecule has 1 aliphatic rings. The number of hydrogen-bond donors (Lipinski definition) is 1. The first-order chi connectivity index (χ1) is 14.5. The Hall–Kier alpha value is -2.97. The molecule has 7 nitrogen and oxygen atoms in total. The summed E-state index contributed by atoms with van der Waals surface area (Å²) in [4.78, 5) is 11.0. The lowest BCUT2D eigenvalue weighted by atomic mass is 10.1. The number of hydrogen-bond acceptors (Lipinski definition) is 7. The van der Waals surface area contributed by atoms with E-state index in [9.17, 15) is 4.39 Å². The number of aromatic nitrogens is 2. The van der Waals surface area contributed by atoms with E-state index in [0.717, 1.165) is 29.7 Å². The van der Waals surface area contributed by atoms with Crippen LogP contribution in [-0.2, 0) is 4.74 Å².